The van der Waals surface area contributed by atoms with Crippen molar-refractivity contribution in [2.45, 2.75) is 37.8 Å². The Hall–Kier alpha value is -1.18. The smallest absolute Gasteiger partial charge is 0.260 e. The Labute approximate surface area is 102 Å². The minimum absolute atomic E-state index is 0.0783. The SMILES string of the molecule is CCCC(C)NS(=O)(=O)c1ncccc1NN. The van der Waals surface area contributed by atoms with E-state index in [4.69, 9.17) is 5.84 Å². The maximum atomic E-state index is 12.0. The van der Waals surface area contributed by atoms with Crippen molar-refractivity contribution in [3.8, 4) is 0 Å². The number of pyridine rings is 1. The normalized spacial score (nSPS) is 13.4. The van der Waals surface area contributed by atoms with Crippen LogP contribution in [0.5, 0.6) is 0 Å². The second-order valence-corrected chi connectivity index (χ2v) is 5.44. The summed E-state index contributed by atoms with van der Waals surface area (Å²) >= 11 is 0. The molecule has 0 fully saturated rings. The van der Waals surface area contributed by atoms with Gasteiger partial charge in [-0.25, -0.2) is 18.1 Å². The molecule has 1 atom stereocenters. The number of hydrazine groups is 1. The standard InChI is InChI=1S/C10H18N4O2S/c1-3-5-8(2)14-17(15,16)10-9(13-11)6-4-7-12-10/h4,6-8,13-14H,3,5,11H2,1-2H3. The largest absolute Gasteiger partial charge is 0.321 e. The fourth-order valence-corrected chi connectivity index (χ4v) is 2.90. The molecule has 0 saturated carbocycles. The van der Waals surface area contributed by atoms with Crippen molar-refractivity contribution in [2.24, 2.45) is 5.84 Å². The first-order valence-electron chi connectivity index (χ1n) is 5.45. The van der Waals surface area contributed by atoms with Gasteiger partial charge in [0.05, 0.1) is 5.69 Å². The van der Waals surface area contributed by atoms with E-state index in [2.05, 4.69) is 15.1 Å². The third-order valence-corrected chi connectivity index (χ3v) is 3.81. The Morgan fingerprint density at radius 2 is 2.24 bits per heavy atom. The van der Waals surface area contributed by atoms with E-state index in [-0.39, 0.29) is 16.8 Å². The molecule has 0 aliphatic carbocycles. The van der Waals surface area contributed by atoms with Crippen molar-refractivity contribution < 1.29 is 8.42 Å². The van der Waals surface area contributed by atoms with E-state index in [1.807, 2.05) is 13.8 Å². The van der Waals surface area contributed by atoms with Crippen LogP contribution in [0.3, 0.4) is 0 Å². The van der Waals surface area contributed by atoms with Gasteiger partial charge in [0.1, 0.15) is 0 Å². The summed E-state index contributed by atoms with van der Waals surface area (Å²) in [6.07, 6.45) is 3.10. The molecule has 17 heavy (non-hydrogen) atoms. The summed E-state index contributed by atoms with van der Waals surface area (Å²) in [5, 5.41) is -0.0783. The number of hydrogen-bond acceptors (Lipinski definition) is 5. The molecule has 96 valence electrons. The summed E-state index contributed by atoms with van der Waals surface area (Å²) in [5.74, 6) is 5.25. The Bertz CT molecular complexity index is 461. The minimum atomic E-state index is -3.63. The highest BCUT2D eigenvalue weighted by Gasteiger charge is 2.21. The average Bonchev–Trinajstić information content (AvgIpc) is 2.28. The van der Waals surface area contributed by atoms with E-state index in [1.54, 1.807) is 12.1 Å². The van der Waals surface area contributed by atoms with Crippen molar-refractivity contribution in [3.05, 3.63) is 18.3 Å². The summed E-state index contributed by atoms with van der Waals surface area (Å²) in [4.78, 5) is 3.84. The number of nitrogen functional groups attached to an aromatic ring is 1. The van der Waals surface area contributed by atoms with Gasteiger partial charge in [-0.2, -0.15) is 0 Å². The van der Waals surface area contributed by atoms with Crippen molar-refractivity contribution in [1.82, 2.24) is 9.71 Å². The number of sulfonamides is 1. The van der Waals surface area contributed by atoms with Crippen LogP contribution in [0.4, 0.5) is 5.69 Å². The van der Waals surface area contributed by atoms with Crippen LogP contribution in [-0.4, -0.2) is 19.4 Å². The number of anilines is 1. The fourth-order valence-electron chi connectivity index (χ4n) is 1.53. The zero-order chi connectivity index (χ0) is 12.9. The predicted octanol–water partition coefficient (Wildman–Crippen LogP) is 0.834. The van der Waals surface area contributed by atoms with Crippen molar-refractivity contribution in [3.63, 3.8) is 0 Å². The molecule has 1 aromatic rings. The minimum Gasteiger partial charge on any atom is -0.321 e. The van der Waals surface area contributed by atoms with E-state index in [9.17, 15) is 8.42 Å². The van der Waals surface area contributed by atoms with Gasteiger partial charge >= 0.3 is 0 Å². The predicted molar refractivity (Wildman–Crippen MR) is 66.7 cm³/mol. The number of hydrogen-bond donors (Lipinski definition) is 3. The topological polar surface area (TPSA) is 97.1 Å². The van der Waals surface area contributed by atoms with Gasteiger partial charge in [0.15, 0.2) is 5.03 Å². The average molecular weight is 258 g/mol. The zero-order valence-electron chi connectivity index (χ0n) is 9.97. The van der Waals surface area contributed by atoms with Gasteiger partial charge in [0.2, 0.25) is 0 Å². The zero-order valence-corrected chi connectivity index (χ0v) is 10.8. The Balaban J connectivity index is 2.97. The van der Waals surface area contributed by atoms with Crippen LogP contribution in [0.2, 0.25) is 0 Å². The van der Waals surface area contributed by atoms with Gasteiger partial charge < -0.3 is 5.43 Å². The van der Waals surface area contributed by atoms with Crippen LogP contribution in [0, 0.1) is 0 Å². The molecule has 0 aromatic carbocycles. The Kier molecular flexibility index (Phi) is 4.86. The summed E-state index contributed by atoms with van der Waals surface area (Å²) in [6.45, 7) is 3.82. The second-order valence-electron chi connectivity index (χ2n) is 3.81. The van der Waals surface area contributed by atoms with Gasteiger partial charge in [-0.15, -0.1) is 0 Å². The molecule has 1 rings (SSSR count). The monoisotopic (exact) mass is 258 g/mol. The van der Waals surface area contributed by atoms with Crippen LogP contribution in [-0.2, 0) is 10.0 Å². The summed E-state index contributed by atoms with van der Waals surface area (Å²) in [7, 11) is -3.63. The first kappa shape index (κ1) is 13.9. The van der Waals surface area contributed by atoms with E-state index in [0.717, 1.165) is 12.8 Å². The lowest BCUT2D eigenvalue weighted by Gasteiger charge is -2.14. The lowest BCUT2D eigenvalue weighted by Crippen LogP contribution is -2.33. The highest BCUT2D eigenvalue weighted by Crippen LogP contribution is 2.17. The molecule has 0 aliphatic heterocycles. The molecule has 7 heteroatoms. The van der Waals surface area contributed by atoms with E-state index >= 15 is 0 Å². The highest BCUT2D eigenvalue weighted by molar-refractivity contribution is 7.89. The molecular weight excluding hydrogens is 240 g/mol. The van der Waals surface area contributed by atoms with E-state index in [1.165, 1.54) is 6.20 Å². The molecule has 4 N–H and O–H groups in total. The quantitative estimate of drug-likeness (QED) is 0.519. The molecule has 1 unspecified atom stereocenters. The number of nitrogens with one attached hydrogen (secondary N) is 2. The van der Waals surface area contributed by atoms with Crippen molar-refractivity contribution >= 4 is 15.7 Å². The molecule has 0 aliphatic rings. The lowest BCUT2D eigenvalue weighted by molar-refractivity contribution is 0.541. The number of nitrogens with zero attached hydrogens (tertiary/aromatic N) is 1. The van der Waals surface area contributed by atoms with Gasteiger partial charge in [-0.05, 0) is 25.5 Å². The Morgan fingerprint density at radius 1 is 1.53 bits per heavy atom. The first-order valence-corrected chi connectivity index (χ1v) is 6.93. The fraction of sp³-hybridized carbons (Fsp3) is 0.500. The molecule has 1 heterocycles. The lowest BCUT2D eigenvalue weighted by atomic mass is 10.2. The first-order chi connectivity index (χ1) is 8.01. The second kappa shape index (κ2) is 5.95. The summed E-state index contributed by atoms with van der Waals surface area (Å²) < 4.78 is 26.6. The van der Waals surface area contributed by atoms with Crippen molar-refractivity contribution in [2.75, 3.05) is 5.43 Å². The third-order valence-electron chi connectivity index (χ3n) is 2.26. The molecule has 0 radical (unpaired) electrons. The maximum Gasteiger partial charge on any atom is 0.260 e. The molecule has 0 amide bonds. The maximum absolute atomic E-state index is 12.0. The Morgan fingerprint density at radius 3 is 2.82 bits per heavy atom. The number of nitrogens with two attached hydrogens (primary N) is 1. The molecular formula is C10H18N4O2S. The van der Waals surface area contributed by atoms with Crippen LogP contribution < -0.4 is 16.0 Å². The van der Waals surface area contributed by atoms with Gasteiger partial charge in [0.25, 0.3) is 10.0 Å². The van der Waals surface area contributed by atoms with E-state index < -0.39 is 10.0 Å². The van der Waals surface area contributed by atoms with Crippen LogP contribution in [0.15, 0.2) is 23.4 Å². The summed E-state index contributed by atoms with van der Waals surface area (Å²) in [5.41, 5.74) is 2.61. The van der Waals surface area contributed by atoms with Crippen molar-refractivity contribution in [1.29, 1.82) is 0 Å². The molecule has 6 nitrogen and oxygen atoms in total. The van der Waals surface area contributed by atoms with Crippen LogP contribution in [0.25, 0.3) is 0 Å². The van der Waals surface area contributed by atoms with Gasteiger partial charge in [-0.1, -0.05) is 13.3 Å². The van der Waals surface area contributed by atoms with Crippen LogP contribution in [0.1, 0.15) is 26.7 Å². The summed E-state index contributed by atoms with van der Waals surface area (Å²) in [6, 6.07) is 3.05. The molecule has 0 saturated heterocycles. The number of aromatic nitrogens is 1. The molecule has 0 bridgehead atoms. The van der Waals surface area contributed by atoms with Gasteiger partial charge in [0, 0.05) is 12.2 Å². The highest BCUT2D eigenvalue weighted by atomic mass is 32.2. The third kappa shape index (κ3) is 3.65. The molecule has 0 spiro atoms. The van der Waals surface area contributed by atoms with Gasteiger partial charge in [-0.3, -0.25) is 5.84 Å². The number of rotatable bonds is 6. The van der Waals surface area contributed by atoms with Crippen LogP contribution >= 0.6 is 0 Å². The molecule has 1 aromatic heterocycles. The van der Waals surface area contributed by atoms with E-state index in [0.29, 0.717) is 0 Å².